The van der Waals surface area contributed by atoms with E-state index in [9.17, 15) is 13.6 Å². The summed E-state index contributed by atoms with van der Waals surface area (Å²) in [6.07, 6.45) is 7.98. The standard InChI is InChI=1S/C20H24F2N2O/c21-16-9-7-14(8-10-16)19-6-3-11-24(19)20(25)13-17(23)12-15-4-1-2-5-18(15)22/h1-2,4-5,7,9-10,14,17,19H,3,6,8,11-13,23H2/t14?,17-,19?/m1/s1. The molecule has 1 amide bonds. The highest BCUT2D eigenvalue weighted by molar-refractivity contribution is 5.77. The summed E-state index contributed by atoms with van der Waals surface area (Å²) < 4.78 is 26.9. The first kappa shape index (κ1) is 17.8. The molecule has 2 unspecified atom stereocenters. The van der Waals surface area contributed by atoms with E-state index in [0.29, 0.717) is 24.9 Å². The summed E-state index contributed by atoms with van der Waals surface area (Å²) in [6, 6.07) is 6.21. The van der Waals surface area contributed by atoms with E-state index in [2.05, 4.69) is 0 Å². The maximum Gasteiger partial charge on any atom is 0.224 e. The fraction of sp³-hybridized carbons (Fsp3) is 0.450. The van der Waals surface area contributed by atoms with Crippen molar-refractivity contribution < 1.29 is 13.6 Å². The summed E-state index contributed by atoms with van der Waals surface area (Å²) >= 11 is 0. The van der Waals surface area contributed by atoms with Crippen molar-refractivity contribution in [2.24, 2.45) is 11.7 Å². The Morgan fingerprint density at radius 2 is 2.12 bits per heavy atom. The SMILES string of the molecule is N[C@@H](CC(=O)N1CCCC1C1C=CC(F)=CC1)Cc1ccccc1F. The molecule has 25 heavy (non-hydrogen) atoms. The van der Waals surface area contributed by atoms with Crippen molar-refractivity contribution in [1.29, 1.82) is 0 Å². The Morgan fingerprint density at radius 3 is 2.84 bits per heavy atom. The van der Waals surface area contributed by atoms with Crippen LogP contribution < -0.4 is 5.73 Å². The minimum Gasteiger partial charge on any atom is -0.339 e. The number of likely N-dealkylation sites (tertiary alicyclic amines) is 1. The molecule has 5 heteroatoms. The third kappa shape index (κ3) is 4.34. The molecule has 1 heterocycles. The lowest BCUT2D eigenvalue weighted by Gasteiger charge is -2.31. The summed E-state index contributed by atoms with van der Waals surface area (Å²) in [5.74, 6) is -0.326. The summed E-state index contributed by atoms with van der Waals surface area (Å²) in [5, 5.41) is 0. The van der Waals surface area contributed by atoms with Crippen molar-refractivity contribution in [3.05, 3.63) is 59.7 Å². The molecule has 134 valence electrons. The molecule has 1 aliphatic carbocycles. The number of nitrogens with two attached hydrogens (primary N) is 1. The van der Waals surface area contributed by atoms with Crippen molar-refractivity contribution in [3.8, 4) is 0 Å². The third-order valence-corrected chi connectivity index (χ3v) is 5.08. The molecule has 1 aromatic carbocycles. The zero-order valence-corrected chi connectivity index (χ0v) is 14.2. The Morgan fingerprint density at radius 1 is 1.32 bits per heavy atom. The van der Waals surface area contributed by atoms with Crippen molar-refractivity contribution in [2.45, 2.75) is 44.2 Å². The zero-order chi connectivity index (χ0) is 17.8. The molecule has 0 aromatic heterocycles. The molecule has 0 radical (unpaired) electrons. The van der Waals surface area contributed by atoms with Crippen molar-refractivity contribution in [3.63, 3.8) is 0 Å². The molecule has 0 spiro atoms. The number of hydrogen-bond donors (Lipinski definition) is 1. The number of rotatable bonds is 5. The normalized spacial score (nSPS) is 24.3. The second kappa shape index (κ2) is 7.91. The van der Waals surface area contributed by atoms with Gasteiger partial charge in [0.05, 0.1) is 0 Å². The van der Waals surface area contributed by atoms with Crippen molar-refractivity contribution >= 4 is 5.91 Å². The van der Waals surface area contributed by atoms with Crippen LogP contribution in [-0.4, -0.2) is 29.4 Å². The Bertz CT molecular complexity index is 686. The van der Waals surface area contributed by atoms with E-state index in [-0.39, 0.29) is 35.9 Å². The van der Waals surface area contributed by atoms with Crippen LogP contribution >= 0.6 is 0 Å². The molecular formula is C20H24F2N2O. The van der Waals surface area contributed by atoms with Gasteiger partial charge in [-0.15, -0.1) is 0 Å². The van der Waals surface area contributed by atoms with E-state index >= 15 is 0 Å². The molecule has 2 N–H and O–H groups in total. The van der Waals surface area contributed by atoms with Gasteiger partial charge in [0.1, 0.15) is 11.6 Å². The van der Waals surface area contributed by atoms with Crippen LogP contribution in [0.5, 0.6) is 0 Å². The van der Waals surface area contributed by atoms with E-state index in [1.807, 2.05) is 11.0 Å². The Hall–Kier alpha value is -2.01. The molecule has 2 aliphatic rings. The van der Waals surface area contributed by atoms with E-state index in [1.54, 1.807) is 24.3 Å². The second-order valence-electron chi connectivity index (χ2n) is 6.90. The molecule has 1 aliphatic heterocycles. The number of allylic oxidation sites excluding steroid dienone is 3. The first-order chi connectivity index (χ1) is 12.0. The van der Waals surface area contributed by atoms with Crippen LogP contribution in [0.4, 0.5) is 8.78 Å². The minimum absolute atomic E-state index is 0.00904. The lowest BCUT2D eigenvalue weighted by molar-refractivity contribution is -0.133. The van der Waals surface area contributed by atoms with Gasteiger partial charge in [-0.3, -0.25) is 4.79 Å². The van der Waals surface area contributed by atoms with Crippen LogP contribution in [0.2, 0.25) is 0 Å². The van der Waals surface area contributed by atoms with Gasteiger partial charge >= 0.3 is 0 Å². The lowest BCUT2D eigenvalue weighted by atomic mass is 9.90. The van der Waals surface area contributed by atoms with E-state index in [0.717, 1.165) is 12.8 Å². The van der Waals surface area contributed by atoms with Crippen LogP contribution in [0, 0.1) is 11.7 Å². The van der Waals surface area contributed by atoms with Crippen molar-refractivity contribution in [2.75, 3.05) is 6.54 Å². The number of amides is 1. The number of carbonyl (C=O) groups is 1. The van der Waals surface area contributed by atoms with Crippen LogP contribution in [0.3, 0.4) is 0 Å². The maximum absolute atomic E-state index is 13.7. The van der Waals surface area contributed by atoms with Gasteiger partial charge in [-0.2, -0.15) is 0 Å². The maximum atomic E-state index is 13.7. The average Bonchev–Trinajstić information content (AvgIpc) is 3.07. The van der Waals surface area contributed by atoms with Gasteiger partial charge < -0.3 is 10.6 Å². The monoisotopic (exact) mass is 346 g/mol. The number of hydrogen-bond acceptors (Lipinski definition) is 2. The van der Waals surface area contributed by atoms with Gasteiger partial charge in [0.2, 0.25) is 5.91 Å². The lowest BCUT2D eigenvalue weighted by Crippen LogP contribution is -2.42. The molecule has 3 nitrogen and oxygen atoms in total. The van der Waals surface area contributed by atoms with Gasteiger partial charge in [0.25, 0.3) is 0 Å². The highest BCUT2D eigenvalue weighted by atomic mass is 19.1. The van der Waals surface area contributed by atoms with Crippen LogP contribution in [0.1, 0.15) is 31.2 Å². The molecule has 1 aromatic rings. The number of benzene rings is 1. The largest absolute Gasteiger partial charge is 0.339 e. The molecule has 3 atom stereocenters. The predicted octanol–water partition coefficient (Wildman–Crippen LogP) is 3.51. The van der Waals surface area contributed by atoms with Gasteiger partial charge in [-0.05, 0) is 49.5 Å². The quantitative estimate of drug-likeness (QED) is 0.887. The van der Waals surface area contributed by atoms with Crippen LogP contribution in [0.25, 0.3) is 0 Å². The fourth-order valence-electron chi connectivity index (χ4n) is 3.80. The van der Waals surface area contributed by atoms with Crippen LogP contribution in [-0.2, 0) is 11.2 Å². The fourth-order valence-corrected chi connectivity index (χ4v) is 3.80. The van der Waals surface area contributed by atoms with E-state index in [1.165, 1.54) is 12.1 Å². The minimum atomic E-state index is -0.412. The van der Waals surface area contributed by atoms with Gasteiger partial charge in [0, 0.05) is 31.0 Å². The summed E-state index contributed by atoms with van der Waals surface area (Å²) in [7, 11) is 0. The molecule has 3 rings (SSSR count). The number of carbonyl (C=O) groups excluding carboxylic acids is 1. The van der Waals surface area contributed by atoms with E-state index < -0.39 is 6.04 Å². The Kier molecular flexibility index (Phi) is 5.63. The summed E-state index contributed by atoms with van der Waals surface area (Å²) in [6.45, 7) is 0.715. The first-order valence-electron chi connectivity index (χ1n) is 8.87. The number of halogens is 2. The molecule has 0 saturated carbocycles. The average molecular weight is 346 g/mol. The third-order valence-electron chi connectivity index (χ3n) is 5.08. The summed E-state index contributed by atoms with van der Waals surface area (Å²) in [5.41, 5.74) is 6.64. The predicted molar refractivity (Wildman–Crippen MR) is 93.9 cm³/mol. The smallest absolute Gasteiger partial charge is 0.224 e. The summed E-state index contributed by atoms with van der Waals surface area (Å²) in [4.78, 5) is 14.6. The first-order valence-corrected chi connectivity index (χ1v) is 8.87. The highest BCUT2D eigenvalue weighted by Crippen LogP contribution is 2.31. The molecule has 1 saturated heterocycles. The van der Waals surface area contributed by atoms with Gasteiger partial charge in [-0.25, -0.2) is 8.78 Å². The Labute approximate surface area is 147 Å². The second-order valence-corrected chi connectivity index (χ2v) is 6.90. The highest BCUT2D eigenvalue weighted by Gasteiger charge is 2.34. The molecule has 1 fully saturated rings. The Balaban J connectivity index is 1.58. The topological polar surface area (TPSA) is 46.3 Å². The van der Waals surface area contributed by atoms with E-state index in [4.69, 9.17) is 5.73 Å². The zero-order valence-electron chi connectivity index (χ0n) is 14.2. The molecular weight excluding hydrogens is 322 g/mol. The van der Waals surface area contributed by atoms with Crippen molar-refractivity contribution in [1.82, 2.24) is 4.90 Å². The molecule has 0 bridgehead atoms. The van der Waals surface area contributed by atoms with Gasteiger partial charge in [-0.1, -0.05) is 24.3 Å². The number of nitrogens with zero attached hydrogens (tertiary/aromatic N) is 1. The van der Waals surface area contributed by atoms with Gasteiger partial charge in [0.15, 0.2) is 0 Å². The van der Waals surface area contributed by atoms with Crippen LogP contribution in [0.15, 0.2) is 48.3 Å².